The van der Waals surface area contributed by atoms with E-state index in [1.54, 1.807) is 0 Å². The van der Waals surface area contributed by atoms with Crippen LogP contribution in [0.5, 0.6) is 5.75 Å². The number of unbranched alkanes of at least 4 members (excludes halogenated alkanes) is 14. The zero-order valence-corrected chi connectivity index (χ0v) is 21.3. The average Bonchev–Trinajstić information content (AvgIpc) is 2.81. The van der Waals surface area contributed by atoms with Crippen LogP contribution in [0.2, 0.25) is 0 Å². The quantitative estimate of drug-likeness (QED) is 0.178. The third-order valence-corrected chi connectivity index (χ3v) is 6.39. The molecule has 0 saturated carbocycles. The molecule has 1 atom stereocenters. The van der Waals surface area contributed by atoms with E-state index in [2.05, 4.69) is 32.0 Å². The molecule has 0 saturated heterocycles. The van der Waals surface area contributed by atoms with Crippen molar-refractivity contribution in [2.24, 2.45) is 0 Å². The van der Waals surface area contributed by atoms with E-state index in [0.717, 1.165) is 18.6 Å². The molecule has 1 aromatic rings. The first-order valence-corrected chi connectivity index (χ1v) is 13.7. The molecular formula is C29H52O3. The van der Waals surface area contributed by atoms with Crippen LogP contribution < -0.4 is 4.74 Å². The highest BCUT2D eigenvalue weighted by atomic mass is 16.5. The fraction of sp³-hybridized carbons (Fsp3) is 0.793. The third kappa shape index (κ3) is 14.9. The van der Waals surface area contributed by atoms with Crippen molar-refractivity contribution in [2.75, 3.05) is 13.2 Å². The van der Waals surface area contributed by atoms with Crippen LogP contribution in [0.15, 0.2) is 18.2 Å². The zero-order chi connectivity index (χ0) is 23.3. The molecule has 3 nitrogen and oxygen atoms in total. The van der Waals surface area contributed by atoms with Gasteiger partial charge in [-0.25, -0.2) is 0 Å². The first-order chi connectivity index (χ1) is 15.7. The van der Waals surface area contributed by atoms with Crippen molar-refractivity contribution in [2.45, 2.75) is 136 Å². The summed E-state index contributed by atoms with van der Waals surface area (Å²) >= 11 is 0. The lowest BCUT2D eigenvalue weighted by Gasteiger charge is -2.15. The highest BCUT2D eigenvalue weighted by Gasteiger charge is 2.09. The molecule has 32 heavy (non-hydrogen) atoms. The van der Waals surface area contributed by atoms with Gasteiger partial charge < -0.3 is 14.9 Å². The standard InChI is InChI=1S/C29H52O3/c1-3-5-7-9-10-11-12-13-14-15-16-17-19-26-21-22-27(20-18-8-6-4-2)29(23-26)32-25-28(31)24-30/h21-23,28,30-31H,3-20,24-25H2,1-2H3. The molecule has 0 aliphatic heterocycles. The van der Waals surface area contributed by atoms with Gasteiger partial charge in [0.15, 0.2) is 0 Å². The summed E-state index contributed by atoms with van der Waals surface area (Å²) in [5.74, 6) is 0.894. The van der Waals surface area contributed by atoms with E-state index in [1.165, 1.54) is 114 Å². The molecule has 0 aliphatic rings. The number of hydrogen-bond donors (Lipinski definition) is 2. The fourth-order valence-electron chi connectivity index (χ4n) is 4.25. The van der Waals surface area contributed by atoms with E-state index in [9.17, 15) is 5.11 Å². The maximum atomic E-state index is 9.68. The van der Waals surface area contributed by atoms with Crippen molar-refractivity contribution in [3.63, 3.8) is 0 Å². The van der Waals surface area contributed by atoms with Gasteiger partial charge in [0.05, 0.1) is 6.61 Å². The maximum absolute atomic E-state index is 9.68. The van der Waals surface area contributed by atoms with Crippen LogP contribution in [0.1, 0.15) is 128 Å². The van der Waals surface area contributed by atoms with Gasteiger partial charge in [-0.05, 0) is 42.9 Å². The summed E-state index contributed by atoms with van der Waals surface area (Å²) < 4.78 is 5.89. The largest absolute Gasteiger partial charge is 0.491 e. The van der Waals surface area contributed by atoms with Gasteiger partial charge in [-0.15, -0.1) is 0 Å². The van der Waals surface area contributed by atoms with Gasteiger partial charge in [0.1, 0.15) is 18.5 Å². The van der Waals surface area contributed by atoms with Crippen LogP contribution in [-0.4, -0.2) is 29.5 Å². The van der Waals surface area contributed by atoms with Gasteiger partial charge in [-0.3, -0.25) is 0 Å². The summed E-state index contributed by atoms with van der Waals surface area (Å²) in [6.07, 6.45) is 22.7. The summed E-state index contributed by atoms with van der Waals surface area (Å²) in [7, 11) is 0. The second kappa shape index (κ2) is 20.5. The second-order valence-corrected chi connectivity index (χ2v) is 9.54. The Morgan fingerprint density at radius 3 is 1.75 bits per heavy atom. The lowest BCUT2D eigenvalue weighted by atomic mass is 10.00. The molecule has 1 aromatic carbocycles. The summed E-state index contributed by atoms with van der Waals surface area (Å²) in [5, 5.41) is 18.8. The molecule has 1 rings (SSSR count). The summed E-state index contributed by atoms with van der Waals surface area (Å²) in [6.45, 7) is 4.40. The Hall–Kier alpha value is -1.06. The van der Waals surface area contributed by atoms with Crippen molar-refractivity contribution in [1.82, 2.24) is 0 Å². The van der Waals surface area contributed by atoms with Crippen molar-refractivity contribution in [3.8, 4) is 5.75 Å². The summed E-state index contributed by atoms with van der Waals surface area (Å²) in [5.41, 5.74) is 2.55. The van der Waals surface area contributed by atoms with E-state index in [0.29, 0.717) is 0 Å². The van der Waals surface area contributed by atoms with Crippen LogP contribution in [0.4, 0.5) is 0 Å². The molecule has 1 unspecified atom stereocenters. The van der Waals surface area contributed by atoms with Gasteiger partial charge in [-0.1, -0.05) is 116 Å². The average molecular weight is 449 g/mol. The maximum Gasteiger partial charge on any atom is 0.122 e. The summed E-state index contributed by atoms with van der Waals surface area (Å²) in [6, 6.07) is 6.63. The third-order valence-electron chi connectivity index (χ3n) is 6.39. The number of aliphatic hydroxyl groups excluding tert-OH is 2. The Bertz CT molecular complexity index is 543. The van der Waals surface area contributed by atoms with Gasteiger partial charge in [-0.2, -0.15) is 0 Å². The first kappa shape index (κ1) is 29.0. The van der Waals surface area contributed by atoms with Gasteiger partial charge in [0.2, 0.25) is 0 Å². The Morgan fingerprint density at radius 2 is 1.19 bits per heavy atom. The normalized spacial score (nSPS) is 12.2. The van der Waals surface area contributed by atoms with Crippen molar-refractivity contribution < 1.29 is 14.9 Å². The van der Waals surface area contributed by atoms with E-state index < -0.39 is 6.10 Å². The highest BCUT2D eigenvalue weighted by molar-refractivity contribution is 5.38. The van der Waals surface area contributed by atoms with Crippen LogP contribution in [0, 0.1) is 0 Å². The number of benzene rings is 1. The molecule has 0 spiro atoms. The number of aliphatic hydroxyl groups is 2. The minimum atomic E-state index is -0.817. The summed E-state index contributed by atoms with van der Waals surface area (Å²) in [4.78, 5) is 0. The minimum Gasteiger partial charge on any atom is -0.491 e. The van der Waals surface area contributed by atoms with E-state index in [1.807, 2.05) is 0 Å². The molecule has 0 aromatic heterocycles. The first-order valence-electron chi connectivity index (χ1n) is 13.7. The molecule has 0 heterocycles. The smallest absolute Gasteiger partial charge is 0.122 e. The van der Waals surface area contributed by atoms with Crippen molar-refractivity contribution in [1.29, 1.82) is 0 Å². The molecule has 0 bridgehead atoms. The van der Waals surface area contributed by atoms with Gasteiger partial charge in [0, 0.05) is 0 Å². The Morgan fingerprint density at radius 1 is 0.688 bits per heavy atom. The van der Waals surface area contributed by atoms with Gasteiger partial charge >= 0.3 is 0 Å². The van der Waals surface area contributed by atoms with E-state index >= 15 is 0 Å². The van der Waals surface area contributed by atoms with Crippen LogP contribution >= 0.6 is 0 Å². The van der Waals surface area contributed by atoms with Crippen LogP contribution in [0.25, 0.3) is 0 Å². The van der Waals surface area contributed by atoms with Gasteiger partial charge in [0.25, 0.3) is 0 Å². The molecule has 3 heteroatoms. The van der Waals surface area contributed by atoms with Crippen LogP contribution in [0.3, 0.4) is 0 Å². The predicted molar refractivity (Wildman–Crippen MR) is 138 cm³/mol. The second-order valence-electron chi connectivity index (χ2n) is 9.54. The van der Waals surface area contributed by atoms with Crippen molar-refractivity contribution >= 4 is 0 Å². The molecule has 0 radical (unpaired) electrons. The molecular weight excluding hydrogens is 396 g/mol. The number of hydrogen-bond acceptors (Lipinski definition) is 3. The Balaban J connectivity index is 2.29. The SMILES string of the molecule is CCCCCCCCCCCCCCc1ccc(CCCCCC)c(OCC(O)CO)c1. The topological polar surface area (TPSA) is 49.7 Å². The Labute approximate surface area is 199 Å². The van der Waals surface area contributed by atoms with Crippen LogP contribution in [-0.2, 0) is 12.8 Å². The van der Waals surface area contributed by atoms with E-state index in [-0.39, 0.29) is 13.2 Å². The van der Waals surface area contributed by atoms with E-state index in [4.69, 9.17) is 9.84 Å². The molecule has 0 aliphatic carbocycles. The zero-order valence-electron chi connectivity index (χ0n) is 21.3. The number of aryl methyl sites for hydroxylation is 2. The molecule has 0 amide bonds. The number of rotatable bonds is 22. The lowest BCUT2D eigenvalue weighted by molar-refractivity contribution is 0.0532. The predicted octanol–water partition coefficient (Wildman–Crippen LogP) is 7.79. The minimum absolute atomic E-state index is 0.153. The van der Waals surface area contributed by atoms with Crippen molar-refractivity contribution in [3.05, 3.63) is 29.3 Å². The monoisotopic (exact) mass is 448 g/mol. The molecule has 2 N–H and O–H groups in total. The lowest BCUT2D eigenvalue weighted by Crippen LogP contribution is -2.21. The Kier molecular flexibility index (Phi) is 18.6. The molecule has 186 valence electrons. The molecule has 0 fully saturated rings. The highest BCUT2D eigenvalue weighted by Crippen LogP contribution is 2.24. The number of ether oxygens (including phenoxy) is 1. The fourth-order valence-corrected chi connectivity index (χ4v) is 4.25.